The van der Waals surface area contributed by atoms with E-state index in [1.165, 1.54) is 26.2 Å². The van der Waals surface area contributed by atoms with Crippen LogP contribution in [0.1, 0.15) is 23.2 Å². The average molecular weight is 338 g/mol. The van der Waals surface area contributed by atoms with Gasteiger partial charge in [-0.3, -0.25) is 4.79 Å². The Morgan fingerprint density at radius 1 is 1.22 bits per heavy atom. The van der Waals surface area contributed by atoms with E-state index in [-0.39, 0.29) is 16.8 Å². The maximum atomic E-state index is 12.7. The molecule has 1 amide bonds. The average Bonchev–Trinajstić information content (AvgIpc) is 3.39. The molecule has 1 aromatic rings. The van der Waals surface area contributed by atoms with Crippen LogP contribution < -0.4 is 0 Å². The third-order valence-corrected chi connectivity index (χ3v) is 6.30. The molecule has 1 heterocycles. The first-order valence-electron chi connectivity index (χ1n) is 7.82. The van der Waals surface area contributed by atoms with Crippen LogP contribution in [0.3, 0.4) is 0 Å². The van der Waals surface area contributed by atoms with E-state index in [9.17, 15) is 13.2 Å². The molecule has 6 nitrogen and oxygen atoms in total. The SMILES string of the molecule is CN(C)S(=O)(=O)c1ccc(C(=O)N2CCOCC2C2CC2)cc1. The lowest BCUT2D eigenvalue weighted by Crippen LogP contribution is -2.49. The first-order chi connectivity index (χ1) is 10.9. The fraction of sp³-hybridized carbons (Fsp3) is 0.562. The number of sulfonamides is 1. The van der Waals surface area contributed by atoms with Crippen LogP contribution in [0.25, 0.3) is 0 Å². The Kier molecular flexibility index (Phi) is 4.44. The zero-order valence-corrected chi connectivity index (χ0v) is 14.3. The number of hydrogen-bond donors (Lipinski definition) is 0. The van der Waals surface area contributed by atoms with E-state index >= 15 is 0 Å². The summed E-state index contributed by atoms with van der Waals surface area (Å²) in [6, 6.07) is 6.34. The number of carbonyl (C=O) groups is 1. The van der Waals surface area contributed by atoms with Crippen molar-refractivity contribution in [2.75, 3.05) is 33.9 Å². The van der Waals surface area contributed by atoms with Gasteiger partial charge in [0.15, 0.2) is 0 Å². The van der Waals surface area contributed by atoms with Crippen molar-refractivity contribution in [2.45, 2.75) is 23.8 Å². The quantitative estimate of drug-likeness (QED) is 0.827. The van der Waals surface area contributed by atoms with Crippen LogP contribution in [0.5, 0.6) is 0 Å². The Bertz CT molecular complexity index is 681. The fourth-order valence-corrected chi connectivity index (χ4v) is 3.79. The van der Waals surface area contributed by atoms with Crippen LogP contribution in [0.2, 0.25) is 0 Å². The molecule has 0 spiro atoms. The molecule has 1 aromatic carbocycles. The number of nitrogens with zero attached hydrogens (tertiary/aromatic N) is 2. The van der Waals surface area contributed by atoms with Crippen molar-refractivity contribution in [1.29, 1.82) is 0 Å². The summed E-state index contributed by atoms with van der Waals surface area (Å²) in [4.78, 5) is 14.8. The second-order valence-electron chi connectivity index (χ2n) is 6.29. The Labute approximate surface area is 137 Å². The van der Waals surface area contributed by atoms with E-state index in [0.717, 1.165) is 17.1 Å². The Balaban J connectivity index is 1.80. The first-order valence-corrected chi connectivity index (χ1v) is 9.26. The van der Waals surface area contributed by atoms with E-state index in [1.54, 1.807) is 12.1 Å². The molecule has 1 saturated carbocycles. The molecule has 1 saturated heterocycles. The van der Waals surface area contributed by atoms with Crippen molar-refractivity contribution in [1.82, 2.24) is 9.21 Å². The standard InChI is InChI=1S/C16H22N2O4S/c1-17(2)23(20,21)14-7-5-13(6-8-14)16(19)18-9-10-22-11-15(18)12-3-4-12/h5-8,12,15H,3-4,9-11H2,1-2H3. The summed E-state index contributed by atoms with van der Waals surface area (Å²) in [7, 11) is -0.493. The number of hydrogen-bond acceptors (Lipinski definition) is 4. The smallest absolute Gasteiger partial charge is 0.254 e. The summed E-state index contributed by atoms with van der Waals surface area (Å²) >= 11 is 0. The summed E-state index contributed by atoms with van der Waals surface area (Å²) in [5.41, 5.74) is 0.523. The van der Waals surface area contributed by atoms with Gasteiger partial charge in [0.2, 0.25) is 10.0 Å². The lowest BCUT2D eigenvalue weighted by atomic mass is 10.1. The maximum Gasteiger partial charge on any atom is 0.254 e. The first kappa shape index (κ1) is 16.4. The van der Waals surface area contributed by atoms with Crippen molar-refractivity contribution in [3.05, 3.63) is 29.8 Å². The second-order valence-corrected chi connectivity index (χ2v) is 8.44. The molecule has 2 aliphatic rings. The van der Waals surface area contributed by atoms with Crippen LogP contribution >= 0.6 is 0 Å². The predicted octanol–water partition coefficient (Wildman–Crippen LogP) is 1.19. The monoisotopic (exact) mass is 338 g/mol. The molecule has 1 atom stereocenters. The molecule has 2 fully saturated rings. The molecule has 3 rings (SSSR count). The van der Waals surface area contributed by atoms with Crippen molar-refractivity contribution in [3.63, 3.8) is 0 Å². The molecule has 126 valence electrons. The second kappa shape index (κ2) is 6.22. The predicted molar refractivity (Wildman–Crippen MR) is 85.7 cm³/mol. The summed E-state index contributed by atoms with van der Waals surface area (Å²) in [5, 5.41) is 0. The molecule has 0 bridgehead atoms. The van der Waals surface area contributed by atoms with Crippen molar-refractivity contribution in [3.8, 4) is 0 Å². The van der Waals surface area contributed by atoms with Crippen LogP contribution in [-0.2, 0) is 14.8 Å². The third kappa shape index (κ3) is 3.27. The zero-order chi connectivity index (χ0) is 16.6. The minimum atomic E-state index is -3.47. The highest BCUT2D eigenvalue weighted by Gasteiger charge is 2.39. The van der Waals surface area contributed by atoms with Gasteiger partial charge in [0.1, 0.15) is 0 Å². The van der Waals surface area contributed by atoms with Gasteiger partial charge in [-0.15, -0.1) is 0 Å². The van der Waals surface area contributed by atoms with E-state index in [4.69, 9.17) is 4.74 Å². The van der Waals surface area contributed by atoms with Gasteiger partial charge in [-0.25, -0.2) is 12.7 Å². The van der Waals surface area contributed by atoms with Crippen LogP contribution in [0, 0.1) is 5.92 Å². The minimum absolute atomic E-state index is 0.0426. The molecule has 0 aromatic heterocycles. The number of morpholine rings is 1. The van der Waals surface area contributed by atoms with Crippen LogP contribution in [-0.4, -0.2) is 63.4 Å². The number of ether oxygens (including phenoxy) is 1. The molecule has 1 unspecified atom stereocenters. The van der Waals surface area contributed by atoms with Gasteiger partial charge < -0.3 is 9.64 Å². The van der Waals surface area contributed by atoms with Crippen molar-refractivity contribution >= 4 is 15.9 Å². The molecule has 7 heteroatoms. The third-order valence-electron chi connectivity index (χ3n) is 4.47. The van der Waals surface area contributed by atoms with Gasteiger partial charge in [-0.05, 0) is 43.0 Å². The number of rotatable bonds is 4. The van der Waals surface area contributed by atoms with Crippen LogP contribution in [0.15, 0.2) is 29.2 Å². The number of benzene rings is 1. The molecular weight excluding hydrogens is 316 g/mol. The molecule has 23 heavy (non-hydrogen) atoms. The van der Waals surface area contributed by atoms with Crippen molar-refractivity contribution < 1.29 is 17.9 Å². The highest BCUT2D eigenvalue weighted by atomic mass is 32.2. The summed E-state index contributed by atoms with van der Waals surface area (Å²) in [6.45, 7) is 1.75. The van der Waals surface area contributed by atoms with Crippen LogP contribution in [0.4, 0.5) is 0 Å². The molecule has 0 N–H and O–H groups in total. The molecule has 0 radical (unpaired) electrons. The van der Waals surface area contributed by atoms with Gasteiger partial charge in [-0.2, -0.15) is 0 Å². The van der Waals surface area contributed by atoms with Gasteiger partial charge in [0.25, 0.3) is 5.91 Å². The van der Waals surface area contributed by atoms with Gasteiger partial charge in [0.05, 0.1) is 24.2 Å². The molecule has 1 aliphatic carbocycles. The van der Waals surface area contributed by atoms with Crippen molar-refractivity contribution in [2.24, 2.45) is 5.92 Å². The number of amides is 1. The van der Waals surface area contributed by atoms with Gasteiger partial charge in [0, 0.05) is 26.2 Å². The fourth-order valence-electron chi connectivity index (χ4n) is 2.89. The lowest BCUT2D eigenvalue weighted by Gasteiger charge is -2.36. The Morgan fingerprint density at radius 3 is 2.43 bits per heavy atom. The van der Waals surface area contributed by atoms with Gasteiger partial charge in [-0.1, -0.05) is 0 Å². The topological polar surface area (TPSA) is 66.9 Å². The Morgan fingerprint density at radius 2 is 1.87 bits per heavy atom. The zero-order valence-electron chi connectivity index (χ0n) is 13.4. The summed E-state index contributed by atoms with van der Waals surface area (Å²) in [6.07, 6.45) is 2.30. The summed E-state index contributed by atoms with van der Waals surface area (Å²) in [5.74, 6) is 0.506. The molecule has 1 aliphatic heterocycles. The largest absolute Gasteiger partial charge is 0.377 e. The maximum absolute atomic E-state index is 12.7. The highest BCUT2D eigenvalue weighted by molar-refractivity contribution is 7.89. The Hall–Kier alpha value is -1.44. The van der Waals surface area contributed by atoms with E-state index < -0.39 is 10.0 Å². The lowest BCUT2D eigenvalue weighted by molar-refractivity contribution is -0.00834. The normalized spacial score (nSPS) is 22.4. The van der Waals surface area contributed by atoms with Gasteiger partial charge >= 0.3 is 0 Å². The van der Waals surface area contributed by atoms with E-state index in [1.807, 2.05) is 4.90 Å². The van der Waals surface area contributed by atoms with E-state index in [2.05, 4.69) is 0 Å². The van der Waals surface area contributed by atoms with E-state index in [0.29, 0.717) is 31.2 Å². The molecular formula is C16H22N2O4S. The summed E-state index contributed by atoms with van der Waals surface area (Å²) < 4.78 is 30.8. The minimum Gasteiger partial charge on any atom is -0.377 e. The number of carbonyl (C=O) groups excluding carboxylic acids is 1. The highest BCUT2D eigenvalue weighted by Crippen LogP contribution is 2.37.